The number of hydrogen-bond donors (Lipinski definition) is 1. The molecule has 1 N–H and O–H groups in total. The third kappa shape index (κ3) is 3.80. The molecule has 0 heterocycles. The molecule has 0 amide bonds. The first-order valence-electron chi connectivity index (χ1n) is 6.90. The topological polar surface area (TPSA) is 40.5 Å². The Labute approximate surface area is 129 Å². The van der Waals surface area contributed by atoms with E-state index in [1.807, 2.05) is 6.07 Å². The summed E-state index contributed by atoms with van der Waals surface area (Å²) in [6.07, 6.45) is 1.93. The van der Waals surface area contributed by atoms with Crippen molar-refractivity contribution in [1.29, 1.82) is 0 Å². The van der Waals surface area contributed by atoms with Crippen LogP contribution in [0.25, 0.3) is 0 Å². The first kappa shape index (κ1) is 15.9. The third-order valence-electron chi connectivity index (χ3n) is 3.21. The molecule has 0 aliphatic heterocycles. The lowest BCUT2D eigenvalue weighted by molar-refractivity contribution is 0.104. The van der Waals surface area contributed by atoms with Crippen LogP contribution < -0.4 is 0 Å². The van der Waals surface area contributed by atoms with Gasteiger partial charge in [0.2, 0.25) is 0 Å². The van der Waals surface area contributed by atoms with Gasteiger partial charge in [-0.1, -0.05) is 30.3 Å². The number of aliphatic hydroxyl groups is 1. The lowest BCUT2D eigenvalue weighted by Crippen LogP contribution is -2.06. The Hall–Kier alpha value is -2.46. The standard InChI is InChI=1S/C18H18FNO2/c1-20(2)11-10-17(21)14-8-9-16(19)15(12-14)18(22)13-6-4-3-5-7-13/h3-12,18,22H,1-2H3/b11-10+. The van der Waals surface area contributed by atoms with Crippen LogP contribution in [0.15, 0.2) is 60.8 Å². The van der Waals surface area contributed by atoms with E-state index in [9.17, 15) is 14.3 Å². The van der Waals surface area contributed by atoms with Crippen molar-refractivity contribution in [3.8, 4) is 0 Å². The molecule has 0 spiro atoms. The van der Waals surface area contributed by atoms with E-state index in [0.29, 0.717) is 11.1 Å². The van der Waals surface area contributed by atoms with E-state index in [4.69, 9.17) is 0 Å². The molecule has 0 aromatic heterocycles. The van der Waals surface area contributed by atoms with Crippen molar-refractivity contribution in [2.24, 2.45) is 0 Å². The van der Waals surface area contributed by atoms with Crippen LogP contribution in [0.3, 0.4) is 0 Å². The van der Waals surface area contributed by atoms with Gasteiger partial charge in [-0.2, -0.15) is 0 Å². The van der Waals surface area contributed by atoms with Gasteiger partial charge in [0.15, 0.2) is 5.78 Å². The minimum Gasteiger partial charge on any atom is -0.384 e. The molecular weight excluding hydrogens is 281 g/mol. The van der Waals surface area contributed by atoms with Crippen molar-refractivity contribution in [1.82, 2.24) is 4.90 Å². The van der Waals surface area contributed by atoms with Gasteiger partial charge in [0.25, 0.3) is 0 Å². The Bertz CT molecular complexity index is 681. The lowest BCUT2D eigenvalue weighted by atomic mass is 9.98. The Kier molecular flexibility index (Phi) is 5.07. The van der Waals surface area contributed by atoms with Gasteiger partial charge in [-0.15, -0.1) is 0 Å². The largest absolute Gasteiger partial charge is 0.384 e. The summed E-state index contributed by atoms with van der Waals surface area (Å²) in [4.78, 5) is 13.8. The number of halogens is 1. The zero-order valence-corrected chi connectivity index (χ0v) is 12.5. The highest BCUT2D eigenvalue weighted by molar-refractivity contribution is 6.04. The number of carbonyl (C=O) groups excluding carboxylic acids is 1. The summed E-state index contributed by atoms with van der Waals surface area (Å²) in [6.45, 7) is 0. The molecule has 0 fully saturated rings. The molecule has 22 heavy (non-hydrogen) atoms. The van der Waals surface area contributed by atoms with Crippen LogP contribution in [-0.2, 0) is 0 Å². The first-order chi connectivity index (χ1) is 10.5. The number of benzene rings is 2. The van der Waals surface area contributed by atoms with Crippen molar-refractivity contribution in [2.45, 2.75) is 6.10 Å². The number of hydrogen-bond acceptors (Lipinski definition) is 3. The number of nitrogens with zero attached hydrogens (tertiary/aromatic N) is 1. The predicted octanol–water partition coefficient (Wildman–Crippen LogP) is 3.17. The number of rotatable bonds is 5. The highest BCUT2D eigenvalue weighted by Gasteiger charge is 2.16. The molecule has 2 aromatic rings. The fourth-order valence-corrected chi connectivity index (χ4v) is 2.03. The highest BCUT2D eigenvalue weighted by Crippen LogP contribution is 2.25. The van der Waals surface area contributed by atoms with Gasteiger partial charge in [0, 0.05) is 37.5 Å². The molecule has 0 saturated carbocycles. The maximum atomic E-state index is 14.0. The zero-order valence-electron chi connectivity index (χ0n) is 12.5. The summed E-state index contributed by atoms with van der Waals surface area (Å²) in [5.41, 5.74) is 1.01. The molecule has 0 radical (unpaired) electrons. The van der Waals surface area contributed by atoms with Gasteiger partial charge in [0.1, 0.15) is 11.9 Å². The SMILES string of the molecule is CN(C)/C=C/C(=O)c1ccc(F)c(C(O)c2ccccc2)c1. The number of ketones is 1. The Morgan fingerprint density at radius 2 is 1.86 bits per heavy atom. The quantitative estimate of drug-likeness (QED) is 0.681. The second-order valence-electron chi connectivity index (χ2n) is 5.19. The molecule has 4 heteroatoms. The molecule has 3 nitrogen and oxygen atoms in total. The minimum absolute atomic E-state index is 0.0929. The first-order valence-corrected chi connectivity index (χ1v) is 6.90. The fraction of sp³-hybridized carbons (Fsp3) is 0.167. The van der Waals surface area contributed by atoms with Crippen molar-refractivity contribution in [3.05, 3.63) is 83.3 Å². The van der Waals surface area contributed by atoms with Crippen LogP contribution in [0.1, 0.15) is 27.6 Å². The van der Waals surface area contributed by atoms with Crippen molar-refractivity contribution >= 4 is 5.78 Å². The van der Waals surface area contributed by atoms with Crippen LogP contribution in [0.2, 0.25) is 0 Å². The highest BCUT2D eigenvalue weighted by atomic mass is 19.1. The van der Waals surface area contributed by atoms with Gasteiger partial charge in [0.05, 0.1) is 0 Å². The summed E-state index contributed by atoms with van der Waals surface area (Å²) >= 11 is 0. The van der Waals surface area contributed by atoms with E-state index in [2.05, 4.69) is 0 Å². The molecule has 1 unspecified atom stereocenters. The summed E-state index contributed by atoms with van der Waals surface area (Å²) in [7, 11) is 3.61. The van der Waals surface area contributed by atoms with E-state index >= 15 is 0 Å². The Morgan fingerprint density at radius 1 is 1.18 bits per heavy atom. The van der Waals surface area contributed by atoms with E-state index in [-0.39, 0.29) is 11.3 Å². The average molecular weight is 299 g/mol. The monoisotopic (exact) mass is 299 g/mol. The van der Waals surface area contributed by atoms with Gasteiger partial charge in [-0.05, 0) is 23.8 Å². The van der Waals surface area contributed by atoms with Crippen molar-refractivity contribution in [2.75, 3.05) is 14.1 Å². The molecule has 114 valence electrons. The predicted molar refractivity (Wildman–Crippen MR) is 84.1 cm³/mol. The van der Waals surface area contributed by atoms with Gasteiger partial charge in [-0.25, -0.2) is 4.39 Å². The normalized spacial score (nSPS) is 12.4. The summed E-state index contributed by atoms with van der Waals surface area (Å²) < 4.78 is 14.0. The van der Waals surface area contributed by atoms with E-state index in [1.54, 1.807) is 49.5 Å². The maximum Gasteiger partial charge on any atom is 0.187 e. The molecule has 2 rings (SSSR count). The molecule has 0 bridgehead atoms. The van der Waals surface area contributed by atoms with Gasteiger partial charge in [-0.3, -0.25) is 4.79 Å². The van der Waals surface area contributed by atoms with E-state index in [0.717, 1.165) is 0 Å². The smallest absolute Gasteiger partial charge is 0.187 e. The number of allylic oxidation sites excluding steroid dienone is 1. The van der Waals surface area contributed by atoms with Crippen LogP contribution in [0.5, 0.6) is 0 Å². The summed E-state index contributed by atoms with van der Waals surface area (Å²) in [5.74, 6) is -0.778. The number of carbonyl (C=O) groups is 1. The van der Waals surface area contributed by atoms with E-state index < -0.39 is 11.9 Å². The van der Waals surface area contributed by atoms with Crippen LogP contribution in [0.4, 0.5) is 4.39 Å². The summed E-state index contributed by atoms with van der Waals surface area (Å²) in [5, 5.41) is 10.3. The van der Waals surface area contributed by atoms with Crippen LogP contribution in [0, 0.1) is 5.82 Å². The fourth-order valence-electron chi connectivity index (χ4n) is 2.03. The minimum atomic E-state index is -1.10. The summed E-state index contributed by atoms with van der Waals surface area (Å²) in [6, 6.07) is 12.8. The van der Waals surface area contributed by atoms with Gasteiger partial charge < -0.3 is 10.0 Å². The molecule has 0 saturated heterocycles. The zero-order chi connectivity index (χ0) is 16.1. The second-order valence-corrected chi connectivity index (χ2v) is 5.19. The Balaban J connectivity index is 2.33. The third-order valence-corrected chi connectivity index (χ3v) is 3.21. The average Bonchev–Trinajstić information content (AvgIpc) is 2.53. The molecule has 1 atom stereocenters. The van der Waals surface area contributed by atoms with Crippen LogP contribution in [-0.4, -0.2) is 29.9 Å². The molecule has 0 aliphatic rings. The van der Waals surface area contributed by atoms with E-state index in [1.165, 1.54) is 24.3 Å². The maximum absolute atomic E-state index is 14.0. The molecular formula is C18H18FNO2. The Morgan fingerprint density at radius 3 is 2.50 bits per heavy atom. The second kappa shape index (κ2) is 7.00. The lowest BCUT2D eigenvalue weighted by Gasteiger charge is -2.13. The van der Waals surface area contributed by atoms with Crippen LogP contribution >= 0.6 is 0 Å². The molecule has 2 aromatic carbocycles. The van der Waals surface area contributed by atoms with Crippen molar-refractivity contribution in [3.63, 3.8) is 0 Å². The number of aliphatic hydroxyl groups excluding tert-OH is 1. The van der Waals surface area contributed by atoms with Crippen molar-refractivity contribution < 1.29 is 14.3 Å². The van der Waals surface area contributed by atoms with Gasteiger partial charge >= 0.3 is 0 Å². The molecule has 0 aliphatic carbocycles.